The molecule has 1 fully saturated rings. The van der Waals surface area contributed by atoms with Gasteiger partial charge in [-0.15, -0.1) is 0 Å². The van der Waals surface area contributed by atoms with Crippen molar-refractivity contribution in [2.75, 3.05) is 36.5 Å². The van der Waals surface area contributed by atoms with Gasteiger partial charge in [0.25, 0.3) is 0 Å². The Bertz CT molecular complexity index is 1040. The van der Waals surface area contributed by atoms with E-state index in [4.69, 9.17) is 10.5 Å². The quantitative estimate of drug-likeness (QED) is 0.650. The van der Waals surface area contributed by atoms with E-state index < -0.39 is 33.0 Å². The van der Waals surface area contributed by atoms with Crippen LogP contribution in [-0.4, -0.2) is 51.7 Å². The van der Waals surface area contributed by atoms with Gasteiger partial charge in [0.15, 0.2) is 11.6 Å². The molecule has 2 heterocycles. The molecule has 0 atom stereocenters. The molecular formula is C17H20F2N4O4S2. The Hall–Kier alpha value is -2.31. The van der Waals surface area contributed by atoms with Gasteiger partial charge in [-0.05, 0) is 38.1 Å². The number of rotatable bonds is 6. The van der Waals surface area contributed by atoms with Crippen LogP contribution in [0.25, 0.3) is 0 Å². The predicted molar refractivity (Wildman–Crippen MR) is 106 cm³/mol. The summed E-state index contributed by atoms with van der Waals surface area (Å²) in [6.07, 6.45) is 2.16. The third kappa shape index (κ3) is 4.19. The van der Waals surface area contributed by atoms with Gasteiger partial charge < -0.3 is 15.8 Å². The second-order valence-corrected chi connectivity index (χ2v) is 9.36. The number of hydrogen-bond donors (Lipinski definition) is 2. The molecule has 2 aromatic rings. The van der Waals surface area contributed by atoms with Crippen LogP contribution in [0.3, 0.4) is 0 Å². The van der Waals surface area contributed by atoms with Gasteiger partial charge in [-0.3, -0.25) is 4.79 Å². The van der Waals surface area contributed by atoms with Crippen molar-refractivity contribution in [1.29, 1.82) is 0 Å². The van der Waals surface area contributed by atoms with Gasteiger partial charge >= 0.3 is 0 Å². The van der Waals surface area contributed by atoms with Crippen molar-refractivity contribution in [2.24, 2.45) is 0 Å². The summed E-state index contributed by atoms with van der Waals surface area (Å²) in [5.41, 5.74) is 5.23. The number of ether oxygens (including phenoxy) is 1. The lowest BCUT2D eigenvalue weighted by Crippen LogP contribution is -2.45. The van der Waals surface area contributed by atoms with Crippen molar-refractivity contribution in [3.8, 4) is 5.75 Å². The van der Waals surface area contributed by atoms with Gasteiger partial charge in [-0.25, -0.2) is 26.5 Å². The van der Waals surface area contributed by atoms with Gasteiger partial charge in [0.2, 0.25) is 20.9 Å². The monoisotopic (exact) mass is 446 g/mol. The zero-order chi connectivity index (χ0) is 21.3. The zero-order valence-electron chi connectivity index (χ0n) is 15.7. The number of carbonyl (C=O) groups is 1. The molecular weight excluding hydrogens is 426 g/mol. The number of ketones is 1. The molecule has 3 rings (SSSR count). The first-order valence-electron chi connectivity index (χ1n) is 8.68. The third-order valence-electron chi connectivity index (χ3n) is 4.54. The molecule has 0 saturated carbocycles. The van der Waals surface area contributed by atoms with E-state index in [-0.39, 0.29) is 27.6 Å². The molecule has 3 N–H and O–H groups in total. The number of thiazole rings is 1. The molecule has 0 amide bonds. The smallest absolute Gasteiger partial charge is 0.234 e. The number of benzene rings is 1. The van der Waals surface area contributed by atoms with E-state index in [1.54, 1.807) is 0 Å². The highest BCUT2D eigenvalue weighted by Gasteiger charge is 2.33. The number of nitrogens with zero attached hydrogens (tertiary/aromatic N) is 2. The van der Waals surface area contributed by atoms with E-state index in [1.165, 1.54) is 7.11 Å². The fraction of sp³-hybridized carbons (Fsp3) is 0.412. The van der Waals surface area contributed by atoms with Crippen LogP contribution in [0.2, 0.25) is 0 Å². The van der Waals surface area contributed by atoms with Crippen LogP contribution in [0.1, 0.15) is 28.1 Å². The number of nitrogen functional groups attached to an aromatic ring is 1. The molecule has 1 aromatic heterocycles. The first-order valence-corrected chi connectivity index (χ1v) is 11.3. The van der Waals surface area contributed by atoms with Gasteiger partial charge in [-0.2, -0.15) is 0 Å². The standard InChI is InChI=1S/C17H20F2N4O4S2/c1-27-11-4-3-10(18)13(19)12(11)14(24)15-16(20)22-17(28-15)23(29(2,25)26)9-5-7-21-8-6-9/h3-4,9,21H,5-8,20H2,1-2H3. The minimum Gasteiger partial charge on any atom is -0.496 e. The highest BCUT2D eigenvalue weighted by Crippen LogP contribution is 2.36. The maximum Gasteiger partial charge on any atom is 0.234 e. The molecule has 1 saturated heterocycles. The van der Waals surface area contributed by atoms with Crippen molar-refractivity contribution >= 4 is 38.1 Å². The lowest BCUT2D eigenvalue weighted by molar-refractivity contribution is 0.103. The number of carbonyl (C=O) groups excluding carboxylic acids is 1. The van der Waals surface area contributed by atoms with Crippen LogP contribution in [0, 0.1) is 11.6 Å². The number of nitrogens with two attached hydrogens (primary N) is 1. The maximum atomic E-state index is 14.3. The second-order valence-electron chi connectivity index (χ2n) is 6.52. The topological polar surface area (TPSA) is 115 Å². The summed E-state index contributed by atoms with van der Waals surface area (Å²) in [7, 11) is -2.50. The summed E-state index contributed by atoms with van der Waals surface area (Å²) >= 11 is 0.721. The van der Waals surface area contributed by atoms with E-state index in [9.17, 15) is 22.0 Å². The number of halogens is 2. The molecule has 29 heavy (non-hydrogen) atoms. The van der Waals surface area contributed by atoms with Crippen LogP contribution in [0.4, 0.5) is 19.7 Å². The molecule has 0 aliphatic carbocycles. The molecule has 12 heteroatoms. The van der Waals surface area contributed by atoms with E-state index in [1.807, 2.05) is 0 Å². The number of methoxy groups -OCH3 is 1. The minimum absolute atomic E-state index is 0.0102. The molecule has 0 spiro atoms. The summed E-state index contributed by atoms with van der Waals surface area (Å²) < 4.78 is 58.9. The maximum absolute atomic E-state index is 14.3. The number of anilines is 2. The Morgan fingerprint density at radius 1 is 1.34 bits per heavy atom. The molecule has 158 valence electrons. The lowest BCUT2D eigenvalue weighted by atomic mass is 10.1. The van der Waals surface area contributed by atoms with Gasteiger partial charge in [0.1, 0.15) is 22.0 Å². The van der Waals surface area contributed by atoms with Crippen molar-refractivity contribution in [3.05, 3.63) is 34.2 Å². The largest absolute Gasteiger partial charge is 0.496 e. The van der Waals surface area contributed by atoms with Crippen LogP contribution >= 0.6 is 11.3 Å². The Balaban J connectivity index is 2.06. The number of nitrogens with one attached hydrogen (secondary N) is 1. The highest BCUT2D eigenvalue weighted by atomic mass is 32.2. The molecule has 0 bridgehead atoms. The van der Waals surface area contributed by atoms with Crippen LogP contribution in [0.15, 0.2) is 12.1 Å². The van der Waals surface area contributed by atoms with Gasteiger partial charge in [0.05, 0.1) is 13.4 Å². The molecule has 8 nitrogen and oxygen atoms in total. The normalized spacial score (nSPS) is 15.3. The van der Waals surface area contributed by atoms with E-state index in [0.717, 1.165) is 34.0 Å². The van der Waals surface area contributed by atoms with E-state index in [2.05, 4.69) is 10.3 Å². The van der Waals surface area contributed by atoms with E-state index in [0.29, 0.717) is 25.9 Å². The van der Waals surface area contributed by atoms with Crippen LogP contribution < -0.4 is 20.1 Å². The zero-order valence-corrected chi connectivity index (χ0v) is 17.4. The first kappa shape index (κ1) is 21.4. The fourth-order valence-electron chi connectivity index (χ4n) is 3.22. The Morgan fingerprint density at radius 2 is 2.00 bits per heavy atom. The average Bonchev–Trinajstić information content (AvgIpc) is 3.04. The van der Waals surface area contributed by atoms with Crippen molar-refractivity contribution in [3.63, 3.8) is 0 Å². The molecule has 0 radical (unpaired) electrons. The Labute approximate surface area is 170 Å². The van der Waals surface area contributed by atoms with Crippen LogP contribution in [0.5, 0.6) is 5.75 Å². The van der Waals surface area contributed by atoms with Gasteiger partial charge in [0, 0.05) is 6.04 Å². The number of piperidine rings is 1. The Kier molecular flexibility index (Phi) is 6.05. The van der Waals surface area contributed by atoms with Crippen molar-refractivity contribution < 1.29 is 26.7 Å². The summed E-state index contributed by atoms with van der Waals surface area (Å²) in [6, 6.07) is 1.62. The Morgan fingerprint density at radius 3 is 2.59 bits per heavy atom. The molecule has 1 aliphatic rings. The van der Waals surface area contributed by atoms with Crippen molar-refractivity contribution in [1.82, 2.24) is 10.3 Å². The molecule has 1 aliphatic heterocycles. The summed E-state index contributed by atoms with van der Waals surface area (Å²) in [4.78, 5) is 16.8. The lowest BCUT2D eigenvalue weighted by Gasteiger charge is -2.32. The third-order valence-corrected chi connectivity index (χ3v) is 6.91. The first-order chi connectivity index (χ1) is 13.6. The number of aromatic nitrogens is 1. The summed E-state index contributed by atoms with van der Waals surface area (Å²) in [5, 5.41) is 3.15. The molecule has 1 aromatic carbocycles. The minimum atomic E-state index is -3.71. The van der Waals surface area contributed by atoms with Gasteiger partial charge in [-0.1, -0.05) is 11.3 Å². The predicted octanol–water partition coefficient (Wildman–Crippen LogP) is 1.76. The van der Waals surface area contributed by atoms with E-state index >= 15 is 0 Å². The van der Waals surface area contributed by atoms with Crippen LogP contribution in [-0.2, 0) is 10.0 Å². The number of hydrogen-bond acceptors (Lipinski definition) is 8. The number of sulfonamides is 1. The second kappa shape index (κ2) is 8.20. The summed E-state index contributed by atoms with van der Waals surface area (Å²) in [5.74, 6) is -3.95. The summed E-state index contributed by atoms with van der Waals surface area (Å²) in [6.45, 7) is 1.27. The SMILES string of the molecule is COc1ccc(F)c(F)c1C(=O)c1sc(N(C2CCNCC2)S(C)(=O)=O)nc1N. The molecule has 0 unspecified atom stereocenters. The average molecular weight is 447 g/mol. The van der Waals surface area contributed by atoms with Crippen molar-refractivity contribution in [2.45, 2.75) is 18.9 Å². The highest BCUT2D eigenvalue weighted by molar-refractivity contribution is 7.92. The fourth-order valence-corrected chi connectivity index (χ4v) is 5.72.